The molecule has 18 heavy (non-hydrogen) atoms. The zero-order chi connectivity index (χ0) is 13.0. The summed E-state index contributed by atoms with van der Waals surface area (Å²) in [6.45, 7) is 0. The van der Waals surface area contributed by atoms with Crippen molar-refractivity contribution in [3.63, 3.8) is 0 Å². The number of nitrogens with two attached hydrogens (primary N) is 1. The molecule has 1 aromatic carbocycles. The first-order valence-electron chi connectivity index (χ1n) is 5.73. The molecule has 1 atom stereocenters. The maximum Gasteiger partial charge on any atom is 0.126 e. The number of pyridine rings is 1. The third-order valence-electron chi connectivity index (χ3n) is 2.74. The highest BCUT2D eigenvalue weighted by Gasteiger charge is 2.09. The van der Waals surface area contributed by atoms with Crippen LogP contribution in [0.4, 0.5) is 4.39 Å². The van der Waals surface area contributed by atoms with Gasteiger partial charge in [-0.2, -0.15) is 0 Å². The van der Waals surface area contributed by atoms with Crippen molar-refractivity contribution in [3.8, 4) is 0 Å². The number of benzene rings is 1. The lowest BCUT2D eigenvalue weighted by Crippen LogP contribution is -2.26. The number of hydrogen-bond acceptors (Lipinski definition) is 2. The molecule has 2 rings (SSSR count). The van der Waals surface area contributed by atoms with Crippen molar-refractivity contribution in [1.82, 2.24) is 4.98 Å². The monoisotopic (exact) mass is 308 g/mol. The van der Waals surface area contributed by atoms with Gasteiger partial charge in [-0.3, -0.25) is 4.98 Å². The van der Waals surface area contributed by atoms with Gasteiger partial charge in [-0.15, -0.1) is 0 Å². The van der Waals surface area contributed by atoms with Crippen LogP contribution in [0.15, 0.2) is 47.2 Å². The standard InChI is InChI=1S/C14H14BrFN2/c15-12-1-2-14(16)11(8-12)9-13(17)7-10-3-5-18-6-4-10/h1-6,8,13H,7,9,17H2. The third-order valence-corrected chi connectivity index (χ3v) is 3.23. The first-order chi connectivity index (χ1) is 8.65. The fraction of sp³-hybridized carbons (Fsp3) is 0.214. The van der Waals surface area contributed by atoms with Crippen LogP contribution in [0.1, 0.15) is 11.1 Å². The van der Waals surface area contributed by atoms with Crippen molar-refractivity contribution < 1.29 is 4.39 Å². The fourth-order valence-corrected chi connectivity index (χ4v) is 2.28. The largest absolute Gasteiger partial charge is 0.327 e. The molecule has 2 N–H and O–H groups in total. The lowest BCUT2D eigenvalue weighted by atomic mass is 10.00. The second-order valence-corrected chi connectivity index (χ2v) is 5.18. The van der Waals surface area contributed by atoms with Gasteiger partial charge >= 0.3 is 0 Å². The van der Waals surface area contributed by atoms with Crippen LogP contribution in [-0.4, -0.2) is 11.0 Å². The van der Waals surface area contributed by atoms with Gasteiger partial charge in [0.1, 0.15) is 5.82 Å². The molecule has 0 radical (unpaired) electrons. The Morgan fingerprint density at radius 1 is 1.17 bits per heavy atom. The minimum atomic E-state index is -0.205. The Hall–Kier alpha value is -1.26. The summed E-state index contributed by atoms with van der Waals surface area (Å²) >= 11 is 3.34. The van der Waals surface area contributed by atoms with Gasteiger partial charge < -0.3 is 5.73 Å². The van der Waals surface area contributed by atoms with Crippen molar-refractivity contribution in [2.75, 3.05) is 0 Å². The molecule has 1 unspecified atom stereocenters. The molecule has 0 fully saturated rings. The second kappa shape index (κ2) is 6.07. The Labute approximate surface area is 114 Å². The summed E-state index contributed by atoms with van der Waals surface area (Å²) in [6.07, 6.45) is 4.71. The normalized spacial score (nSPS) is 12.4. The molecule has 0 saturated carbocycles. The molecule has 94 valence electrons. The molecular weight excluding hydrogens is 295 g/mol. The molecule has 0 amide bonds. The molecule has 0 saturated heterocycles. The lowest BCUT2D eigenvalue weighted by molar-refractivity contribution is 0.583. The average molecular weight is 309 g/mol. The molecule has 2 aromatic rings. The van der Waals surface area contributed by atoms with Gasteiger partial charge in [0.25, 0.3) is 0 Å². The smallest absolute Gasteiger partial charge is 0.126 e. The summed E-state index contributed by atoms with van der Waals surface area (Å²) in [5.74, 6) is -0.205. The van der Waals surface area contributed by atoms with Crippen LogP contribution in [-0.2, 0) is 12.8 Å². The van der Waals surface area contributed by atoms with Gasteiger partial charge in [-0.25, -0.2) is 4.39 Å². The van der Waals surface area contributed by atoms with E-state index < -0.39 is 0 Å². The average Bonchev–Trinajstić information content (AvgIpc) is 2.35. The third kappa shape index (κ3) is 3.62. The molecule has 1 heterocycles. The van der Waals surface area contributed by atoms with E-state index in [1.165, 1.54) is 6.07 Å². The van der Waals surface area contributed by atoms with Crippen molar-refractivity contribution in [2.24, 2.45) is 5.73 Å². The van der Waals surface area contributed by atoms with Crippen LogP contribution in [0.3, 0.4) is 0 Å². The maximum absolute atomic E-state index is 13.6. The van der Waals surface area contributed by atoms with Crippen LogP contribution in [0.25, 0.3) is 0 Å². The summed E-state index contributed by atoms with van der Waals surface area (Å²) in [5.41, 5.74) is 7.82. The summed E-state index contributed by atoms with van der Waals surface area (Å²) in [6, 6.07) is 8.68. The van der Waals surface area contributed by atoms with Gasteiger partial charge in [0.2, 0.25) is 0 Å². The molecular formula is C14H14BrFN2. The number of nitrogens with zero attached hydrogens (tertiary/aromatic N) is 1. The number of aromatic nitrogens is 1. The van der Waals surface area contributed by atoms with Gasteiger partial charge in [-0.05, 0) is 54.3 Å². The highest BCUT2D eigenvalue weighted by Crippen LogP contribution is 2.17. The van der Waals surface area contributed by atoms with Crippen molar-refractivity contribution in [3.05, 3.63) is 64.1 Å². The summed E-state index contributed by atoms with van der Waals surface area (Å²) in [5, 5.41) is 0. The van der Waals surface area contributed by atoms with E-state index in [-0.39, 0.29) is 11.9 Å². The van der Waals surface area contributed by atoms with E-state index in [0.717, 1.165) is 10.0 Å². The maximum atomic E-state index is 13.6. The topological polar surface area (TPSA) is 38.9 Å². The zero-order valence-corrected chi connectivity index (χ0v) is 11.4. The van der Waals surface area contributed by atoms with E-state index in [9.17, 15) is 4.39 Å². The zero-order valence-electron chi connectivity index (χ0n) is 9.81. The second-order valence-electron chi connectivity index (χ2n) is 4.26. The molecule has 0 bridgehead atoms. The predicted octanol–water partition coefficient (Wildman–Crippen LogP) is 3.10. The number of halogens is 2. The summed E-state index contributed by atoms with van der Waals surface area (Å²) in [7, 11) is 0. The first-order valence-corrected chi connectivity index (χ1v) is 6.53. The molecule has 0 spiro atoms. The summed E-state index contributed by atoms with van der Waals surface area (Å²) < 4.78 is 14.5. The molecule has 1 aromatic heterocycles. The molecule has 0 aliphatic heterocycles. The van der Waals surface area contributed by atoms with Gasteiger partial charge in [0, 0.05) is 22.9 Å². The molecule has 4 heteroatoms. The Morgan fingerprint density at radius 3 is 2.61 bits per heavy atom. The van der Waals surface area contributed by atoms with E-state index in [1.807, 2.05) is 12.1 Å². The van der Waals surface area contributed by atoms with E-state index in [1.54, 1.807) is 24.5 Å². The Kier molecular flexibility index (Phi) is 4.44. The van der Waals surface area contributed by atoms with Crippen LogP contribution in [0.5, 0.6) is 0 Å². The number of rotatable bonds is 4. The Morgan fingerprint density at radius 2 is 1.89 bits per heavy atom. The minimum absolute atomic E-state index is 0.101. The van der Waals surface area contributed by atoms with Crippen LogP contribution in [0, 0.1) is 5.82 Å². The van der Waals surface area contributed by atoms with Crippen LogP contribution in [0.2, 0.25) is 0 Å². The minimum Gasteiger partial charge on any atom is -0.327 e. The predicted molar refractivity (Wildman–Crippen MR) is 73.7 cm³/mol. The summed E-state index contributed by atoms with van der Waals surface area (Å²) in [4.78, 5) is 3.96. The van der Waals surface area contributed by atoms with Gasteiger partial charge in [0.05, 0.1) is 0 Å². The van der Waals surface area contributed by atoms with E-state index in [2.05, 4.69) is 20.9 Å². The van der Waals surface area contributed by atoms with Crippen LogP contribution < -0.4 is 5.73 Å². The van der Waals surface area contributed by atoms with E-state index >= 15 is 0 Å². The van der Waals surface area contributed by atoms with Gasteiger partial charge in [0.15, 0.2) is 0 Å². The van der Waals surface area contributed by atoms with Gasteiger partial charge in [-0.1, -0.05) is 15.9 Å². The van der Waals surface area contributed by atoms with Crippen molar-refractivity contribution in [2.45, 2.75) is 18.9 Å². The first kappa shape index (κ1) is 13.2. The van der Waals surface area contributed by atoms with E-state index in [4.69, 9.17) is 5.73 Å². The van der Waals surface area contributed by atoms with E-state index in [0.29, 0.717) is 18.4 Å². The number of hydrogen-bond donors (Lipinski definition) is 1. The van der Waals surface area contributed by atoms with Crippen molar-refractivity contribution in [1.29, 1.82) is 0 Å². The van der Waals surface area contributed by atoms with Crippen LogP contribution >= 0.6 is 15.9 Å². The Balaban J connectivity index is 2.03. The van der Waals surface area contributed by atoms with Crippen molar-refractivity contribution >= 4 is 15.9 Å². The fourth-order valence-electron chi connectivity index (χ4n) is 1.88. The lowest BCUT2D eigenvalue weighted by Gasteiger charge is -2.12. The molecule has 0 aliphatic carbocycles. The highest BCUT2D eigenvalue weighted by atomic mass is 79.9. The SMILES string of the molecule is NC(Cc1ccncc1)Cc1cc(Br)ccc1F. The quantitative estimate of drug-likeness (QED) is 0.942. The molecule has 2 nitrogen and oxygen atoms in total. The Bertz CT molecular complexity index is 516. The highest BCUT2D eigenvalue weighted by molar-refractivity contribution is 9.10. The molecule has 0 aliphatic rings.